The number of carboxylic acid groups (broad SMARTS) is 1. The zero-order valence-electron chi connectivity index (χ0n) is 10.3. The Balaban J connectivity index is 2.68. The lowest BCUT2D eigenvalue weighted by atomic mass is 10.1. The minimum absolute atomic E-state index is 0.130. The molecule has 0 saturated carbocycles. The summed E-state index contributed by atoms with van der Waals surface area (Å²) in [5.74, 6) is -0.764. The normalized spacial score (nSPS) is 11.1. The van der Waals surface area contributed by atoms with E-state index in [0.717, 1.165) is 11.6 Å². The fourth-order valence-electron chi connectivity index (χ4n) is 1.37. The molecule has 1 rings (SSSR count). The summed E-state index contributed by atoms with van der Waals surface area (Å²) >= 11 is 1.24. The number of aromatic carboxylic acids is 1. The fourth-order valence-corrected chi connectivity index (χ4v) is 2.39. The van der Waals surface area contributed by atoms with E-state index in [9.17, 15) is 4.79 Å². The van der Waals surface area contributed by atoms with Crippen LogP contribution in [-0.4, -0.2) is 36.3 Å². The first kappa shape index (κ1) is 14.1. The number of carbonyl (C=O) groups is 1. The number of hydrogen-bond acceptors (Lipinski definition) is 5. The quantitative estimate of drug-likeness (QED) is 0.728. The van der Waals surface area contributed by atoms with Crippen LogP contribution in [0.2, 0.25) is 0 Å². The zero-order valence-corrected chi connectivity index (χ0v) is 11.1. The number of ether oxygens (including phenoxy) is 1. The van der Waals surface area contributed by atoms with Crippen molar-refractivity contribution in [3.63, 3.8) is 0 Å². The highest BCUT2D eigenvalue weighted by Crippen LogP contribution is 2.25. The summed E-state index contributed by atoms with van der Waals surface area (Å²) in [4.78, 5) is 15.8. The Kier molecular flexibility index (Phi) is 5.54. The van der Waals surface area contributed by atoms with E-state index < -0.39 is 5.97 Å². The fraction of sp³-hybridized carbons (Fsp3) is 0.636. The summed E-state index contributed by atoms with van der Waals surface area (Å²) < 4.78 is 4.91. The third-order valence-corrected chi connectivity index (χ3v) is 3.26. The second-order valence-electron chi connectivity index (χ2n) is 3.95. The molecule has 0 aliphatic rings. The number of nitrogens with one attached hydrogen (secondary N) is 1. The Morgan fingerprint density at radius 3 is 2.76 bits per heavy atom. The van der Waals surface area contributed by atoms with Gasteiger partial charge in [-0.05, 0) is 5.92 Å². The first-order valence-corrected chi connectivity index (χ1v) is 6.30. The number of thiazole rings is 1. The lowest BCUT2D eigenvalue weighted by Gasteiger charge is -2.01. The zero-order chi connectivity index (χ0) is 12.8. The summed E-state index contributed by atoms with van der Waals surface area (Å²) in [6.07, 6.45) is 0. The highest BCUT2D eigenvalue weighted by Gasteiger charge is 2.19. The van der Waals surface area contributed by atoms with Crippen LogP contribution in [0.5, 0.6) is 0 Å². The van der Waals surface area contributed by atoms with Gasteiger partial charge in [0.15, 0.2) is 0 Å². The molecule has 0 spiro atoms. The molecule has 1 aromatic heterocycles. The van der Waals surface area contributed by atoms with Crippen LogP contribution in [0.3, 0.4) is 0 Å². The Labute approximate surface area is 105 Å². The lowest BCUT2D eigenvalue weighted by Crippen LogP contribution is -2.18. The van der Waals surface area contributed by atoms with Gasteiger partial charge in [-0.3, -0.25) is 0 Å². The van der Waals surface area contributed by atoms with Gasteiger partial charge in [0.1, 0.15) is 9.88 Å². The van der Waals surface area contributed by atoms with Crippen molar-refractivity contribution < 1.29 is 14.6 Å². The molecule has 0 saturated heterocycles. The second-order valence-corrected chi connectivity index (χ2v) is 5.04. The summed E-state index contributed by atoms with van der Waals surface area (Å²) in [5, 5.41) is 13.0. The van der Waals surface area contributed by atoms with Crippen molar-refractivity contribution in [1.82, 2.24) is 10.3 Å². The molecule has 0 radical (unpaired) electrons. The van der Waals surface area contributed by atoms with Gasteiger partial charge in [0.2, 0.25) is 0 Å². The monoisotopic (exact) mass is 258 g/mol. The first-order valence-electron chi connectivity index (χ1n) is 5.48. The third-order valence-electron chi connectivity index (χ3n) is 2.20. The average molecular weight is 258 g/mol. The van der Waals surface area contributed by atoms with E-state index in [4.69, 9.17) is 9.84 Å². The molecule has 0 aromatic carbocycles. The van der Waals surface area contributed by atoms with Gasteiger partial charge >= 0.3 is 5.97 Å². The molecule has 0 amide bonds. The smallest absolute Gasteiger partial charge is 0.347 e. The highest BCUT2D eigenvalue weighted by molar-refractivity contribution is 7.13. The van der Waals surface area contributed by atoms with Crippen molar-refractivity contribution in [1.29, 1.82) is 0 Å². The maximum absolute atomic E-state index is 11.0. The minimum Gasteiger partial charge on any atom is -0.477 e. The number of methoxy groups -OCH3 is 1. The molecule has 2 N–H and O–H groups in total. The van der Waals surface area contributed by atoms with Crippen LogP contribution in [0, 0.1) is 0 Å². The molecule has 5 nitrogen and oxygen atoms in total. The molecular weight excluding hydrogens is 240 g/mol. The van der Waals surface area contributed by atoms with Crippen molar-refractivity contribution in [3.8, 4) is 0 Å². The van der Waals surface area contributed by atoms with E-state index in [1.807, 2.05) is 13.8 Å². The number of carboxylic acids is 1. The standard InChI is InChI=1S/C11H18N2O3S/c1-7(2)9-10(11(14)15)17-8(13-9)6-12-4-5-16-3/h7,12H,4-6H2,1-3H3,(H,14,15). The van der Waals surface area contributed by atoms with Gasteiger partial charge in [0, 0.05) is 20.2 Å². The van der Waals surface area contributed by atoms with E-state index in [1.54, 1.807) is 7.11 Å². The van der Waals surface area contributed by atoms with Gasteiger partial charge in [-0.25, -0.2) is 9.78 Å². The molecule has 0 fully saturated rings. The van der Waals surface area contributed by atoms with Gasteiger partial charge in [-0.15, -0.1) is 11.3 Å². The minimum atomic E-state index is -0.894. The van der Waals surface area contributed by atoms with Crippen LogP contribution >= 0.6 is 11.3 Å². The Hall–Kier alpha value is -0.980. The van der Waals surface area contributed by atoms with Crippen molar-refractivity contribution >= 4 is 17.3 Å². The first-order chi connectivity index (χ1) is 8.06. The van der Waals surface area contributed by atoms with Crippen molar-refractivity contribution in [3.05, 3.63) is 15.6 Å². The van der Waals surface area contributed by atoms with E-state index in [-0.39, 0.29) is 5.92 Å². The van der Waals surface area contributed by atoms with E-state index >= 15 is 0 Å². The molecule has 96 valence electrons. The Bertz CT molecular complexity index is 377. The van der Waals surface area contributed by atoms with Crippen LogP contribution in [0.25, 0.3) is 0 Å². The molecule has 1 aromatic rings. The molecule has 0 aliphatic carbocycles. The molecule has 0 bridgehead atoms. The summed E-state index contributed by atoms with van der Waals surface area (Å²) in [6.45, 7) is 5.85. The summed E-state index contributed by atoms with van der Waals surface area (Å²) in [6, 6.07) is 0. The third kappa shape index (κ3) is 4.07. The number of hydrogen-bond donors (Lipinski definition) is 2. The Morgan fingerprint density at radius 1 is 1.59 bits per heavy atom. The maximum atomic E-state index is 11.0. The van der Waals surface area contributed by atoms with Crippen molar-refractivity contribution in [2.24, 2.45) is 0 Å². The van der Waals surface area contributed by atoms with Gasteiger partial charge < -0.3 is 15.2 Å². The van der Waals surface area contributed by atoms with Crippen LogP contribution in [-0.2, 0) is 11.3 Å². The molecule has 0 aliphatic heterocycles. The molecular formula is C11H18N2O3S. The summed E-state index contributed by atoms with van der Waals surface area (Å²) in [7, 11) is 1.64. The van der Waals surface area contributed by atoms with Crippen molar-refractivity contribution in [2.75, 3.05) is 20.3 Å². The van der Waals surface area contributed by atoms with Gasteiger partial charge in [-0.2, -0.15) is 0 Å². The number of nitrogens with zero attached hydrogens (tertiary/aromatic N) is 1. The Morgan fingerprint density at radius 2 is 2.29 bits per heavy atom. The predicted molar refractivity (Wildman–Crippen MR) is 66.7 cm³/mol. The van der Waals surface area contributed by atoms with Crippen molar-refractivity contribution in [2.45, 2.75) is 26.3 Å². The molecule has 1 heterocycles. The second kappa shape index (κ2) is 6.68. The molecule has 6 heteroatoms. The van der Waals surface area contributed by atoms with Crippen LogP contribution in [0.1, 0.15) is 40.1 Å². The molecule has 0 atom stereocenters. The molecule has 17 heavy (non-hydrogen) atoms. The van der Waals surface area contributed by atoms with Gasteiger partial charge in [0.05, 0.1) is 12.3 Å². The van der Waals surface area contributed by atoms with Gasteiger partial charge in [0.25, 0.3) is 0 Å². The van der Waals surface area contributed by atoms with Crippen LogP contribution in [0.4, 0.5) is 0 Å². The van der Waals surface area contributed by atoms with Gasteiger partial charge in [-0.1, -0.05) is 13.8 Å². The van der Waals surface area contributed by atoms with E-state index in [2.05, 4.69) is 10.3 Å². The maximum Gasteiger partial charge on any atom is 0.347 e. The predicted octanol–water partition coefficient (Wildman–Crippen LogP) is 1.70. The number of aromatic nitrogens is 1. The van der Waals surface area contributed by atoms with Crippen LogP contribution in [0.15, 0.2) is 0 Å². The lowest BCUT2D eigenvalue weighted by molar-refractivity contribution is 0.0700. The topological polar surface area (TPSA) is 71.5 Å². The SMILES string of the molecule is COCCNCc1nc(C(C)C)c(C(=O)O)s1. The van der Waals surface area contributed by atoms with E-state index in [1.165, 1.54) is 11.3 Å². The van der Waals surface area contributed by atoms with E-state index in [0.29, 0.717) is 23.7 Å². The highest BCUT2D eigenvalue weighted by atomic mass is 32.1. The number of rotatable bonds is 7. The summed E-state index contributed by atoms with van der Waals surface area (Å²) in [5.41, 5.74) is 0.672. The largest absolute Gasteiger partial charge is 0.477 e. The molecule has 0 unspecified atom stereocenters. The average Bonchev–Trinajstić information content (AvgIpc) is 2.69. The van der Waals surface area contributed by atoms with Crippen LogP contribution < -0.4 is 5.32 Å².